The molecule has 0 aliphatic heterocycles. The van der Waals surface area contributed by atoms with E-state index in [0.717, 1.165) is 3.79 Å². The molecular weight excluding hydrogens is 278 g/mol. The van der Waals surface area contributed by atoms with Crippen molar-refractivity contribution in [2.45, 2.75) is 6.42 Å². The highest BCUT2D eigenvalue weighted by atomic mass is 79.9. The summed E-state index contributed by atoms with van der Waals surface area (Å²) in [5.41, 5.74) is 5.20. The molecule has 1 rings (SSSR count). The average molecular weight is 287 g/mol. The molecule has 0 unspecified atom stereocenters. The van der Waals surface area contributed by atoms with Gasteiger partial charge in [-0.25, -0.2) is 4.98 Å². The summed E-state index contributed by atoms with van der Waals surface area (Å²) in [6.07, 6.45) is 1.97. The van der Waals surface area contributed by atoms with E-state index < -0.39 is 0 Å². The van der Waals surface area contributed by atoms with Crippen LogP contribution in [0.5, 0.6) is 0 Å². The fraction of sp³-hybridized carbons (Fsp3) is 0.333. The summed E-state index contributed by atoms with van der Waals surface area (Å²) >= 11 is 4.62. The minimum absolute atomic E-state index is 0. The number of anilines is 1. The van der Waals surface area contributed by atoms with Crippen LogP contribution in [0.15, 0.2) is 9.98 Å². The summed E-state index contributed by atoms with van der Waals surface area (Å²) in [7, 11) is 0. The van der Waals surface area contributed by atoms with Crippen LogP contribution in [-0.4, -0.2) is 17.4 Å². The Morgan fingerprint density at radius 1 is 1.77 bits per heavy atom. The Labute approximate surface area is 94.5 Å². The van der Waals surface area contributed by atoms with Crippen LogP contribution in [-0.2, 0) is 4.79 Å². The lowest BCUT2D eigenvalue weighted by molar-refractivity contribution is -0.116. The van der Waals surface area contributed by atoms with Crippen molar-refractivity contribution in [1.29, 1.82) is 0 Å². The van der Waals surface area contributed by atoms with E-state index in [9.17, 15) is 4.79 Å². The predicted octanol–water partition coefficient (Wildman–Crippen LogP) is 1.61. The number of amides is 1. The number of thiazole rings is 1. The van der Waals surface area contributed by atoms with Crippen LogP contribution in [0, 0.1) is 0 Å². The number of hydrogen-bond donors (Lipinski definition) is 2. The monoisotopic (exact) mass is 285 g/mol. The molecule has 0 spiro atoms. The van der Waals surface area contributed by atoms with Crippen molar-refractivity contribution < 1.29 is 4.79 Å². The first-order chi connectivity index (χ1) is 5.72. The van der Waals surface area contributed by atoms with Crippen LogP contribution in [0.2, 0.25) is 0 Å². The molecule has 0 radical (unpaired) electrons. The quantitative estimate of drug-likeness (QED) is 0.887. The molecule has 0 saturated heterocycles. The van der Waals surface area contributed by atoms with E-state index in [1.807, 2.05) is 0 Å². The Hall–Kier alpha value is -0.170. The van der Waals surface area contributed by atoms with Crippen LogP contribution in [0.25, 0.3) is 0 Å². The van der Waals surface area contributed by atoms with Crippen molar-refractivity contribution in [3.05, 3.63) is 9.98 Å². The molecular formula is C6H9BrClN3OS. The molecule has 0 aliphatic rings. The summed E-state index contributed by atoms with van der Waals surface area (Å²) in [6.45, 7) is 0.360. The number of hydrogen-bond acceptors (Lipinski definition) is 4. The second kappa shape index (κ2) is 6.31. The highest BCUT2D eigenvalue weighted by Crippen LogP contribution is 2.22. The third-order valence-electron chi connectivity index (χ3n) is 1.10. The Morgan fingerprint density at radius 2 is 2.46 bits per heavy atom. The molecule has 1 aromatic rings. The standard InChI is InChI=1S/C6H8BrN3OS.ClH/c7-4-3-9-6(12-4)10-5(11)1-2-8;/h3H,1-2,8H2,(H,9,10,11);1H. The van der Waals surface area contributed by atoms with E-state index in [2.05, 4.69) is 26.2 Å². The first kappa shape index (κ1) is 12.8. The maximum absolute atomic E-state index is 11.0. The van der Waals surface area contributed by atoms with Crippen LogP contribution in [0.4, 0.5) is 5.13 Å². The summed E-state index contributed by atoms with van der Waals surface area (Å²) in [4.78, 5) is 14.9. The average Bonchev–Trinajstić information content (AvgIpc) is 2.36. The van der Waals surface area contributed by atoms with E-state index >= 15 is 0 Å². The predicted molar refractivity (Wildman–Crippen MR) is 59.4 cm³/mol. The third-order valence-corrected chi connectivity index (χ3v) is 2.49. The van der Waals surface area contributed by atoms with Crippen molar-refractivity contribution in [2.24, 2.45) is 5.73 Å². The van der Waals surface area contributed by atoms with Gasteiger partial charge in [0.2, 0.25) is 5.91 Å². The van der Waals surface area contributed by atoms with Gasteiger partial charge in [-0.05, 0) is 15.9 Å². The van der Waals surface area contributed by atoms with Crippen molar-refractivity contribution in [1.82, 2.24) is 4.98 Å². The second-order valence-corrected chi connectivity index (χ2v) is 4.47. The molecule has 4 nitrogen and oxygen atoms in total. The zero-order valence-electron chi connectivity index (χ0n) is 6.62. The number of aromatic nitrogens is 1. The molecule has 1 aromatic heterocycles. The zero-order valence-corrected chi connectivity index (χ0v) is 9.84. The summed E-state index contributed by atoms with van der Waals surface area (Å²) in [6, 6.07) is 0. The molecule has 74 valence electrons. The van der Waals surface area contributed by atoms with Gasteiger partial charge in [0, 0.05) is 13.0 Å². The molecule has 0 aromatic carbocycles. The van der Waals surface area contributed by atoms with Crippen molar-refractivity contribution >= 4 is 50.7 Å². The number of carbonyl (C=O) groups excluding carboxylic acids is 1. The summed E-state index contributed by atoms with van der Waals surface area (Å²) in [5.74, 6) is -0.0978. The second-order valence-electron chi connectivity index (χ2n) is 2.06. The number of nitrogens with two attached hydrogens (primary N) is 1. The Morgan fingerprint density at radius 3 is 2.92 bits per heavy atom. The largest absolute Gasteiger partial charge is 0.330 e. The van der Waals surface area contributed by atoms with Crippen LogP contribution in [0.3, 0.4) is 0 Å². The van der Waals surface area contributed by atoms with Crippen molar-refractivity contribution in [3.8, 4) is 0 Å². The highest BCUT2D eigenvalue weighted by molar-refractivity contribution is 9.11. The van der Waals surface area contributed by atoms with Gasteiger partial charge < -0.3 is 11.1 Å². The van der Waals surface area contributed by atoms with Crippen LogP contribution in [0.1, 0.15) is 6.42 Å². The summed E-state index contributed by atoms with van der Waals surface area (Å²) in [5, 5.41) is 3.22. The minimum Gasteiger partial charge on any atom is -0.330 e. The maximum atomic E-state index is 11.0. The van der Waals surface area contributed by atoms with Crippen molar-refractivity contribution in [3.63, 3.8) is 0 Å². The lowest BCUT2D eigenvalue weighted by Gasteiger charge is -1.97. The van der Waals surface area contributed by atoms with Crippen LogP contribution >= 0.6 is 39.7 Å². The highest BCUT2D eigenvalue weighted by Gasteiger charge is 2.03. The molecule has 7 heteroatoms. The number of halogens is 2. The maximum Gasteiger partial charge on any atom is 0.227 e. The Kier molecular flexibility index (Phi) is 6.23. The first-order valence-corrected chi connectivity index (χ1v) is 4.94. The van der Waals surface area contributed by atoms with Crippen molar-refractivity contribution in [2.75, 3.05) is 11.9 Å². The fourth-order valence-corrected chi connectivity index (χ4v) is 1.75. The van der Waals surface area contributed by atoms with Gasteiger partial charge in [-0.3, -0.25) is 4.79 Å². The number of rotatable bonds is 3. The zero-order chi connectivity index (χ0) is 8.97. The van der Waals surface area contributed by atoms with Gasteiger partial charge in [-0.2, -0.15) is 0 Å². The van der Waals surface area contributed by atoms with E-state index in [-0.39, 0.29) is 18.3 Å². The molecule has 0 bridgehead atoms. The van der Waals surface area contributed by atoms with E-state index in [0.29, 0.717) is 18.1 Å². The first-order valence-electron chi connectivity index (χ1n) is 3.33. The lowest BCUT2D eigenvalue weighted by atomic mass is 10.4. The fourth-order valence-electron chi connectivity index (χ4n) is 0.625. The molecule has 1 heterocycles. The minimum atomic E-state index is -0.0978. The van der Waals surface area contributed by atoms with Gasteiger partial charge in [0.15, 0.2) is 5.13 Å². The van der Waals surface area contributed by atoms with E-state index in [4.69, 9.17) is 5.73 Å². The molecule has 1 amide bonds. The Balaban J connectivity index is 0.00000144. The van der Waals surface area contributed by atoms with Gasteiger partial charge in [0.05, 0.1) is 9.98 Å². The molecule has 0 atom stereocenters. The van der Waals surface area contributed by atoms with E-state index in [1.165, 1.54) is 11.3 Å². The molecule has 0 fully saturated rings. The number of nitrogens with one attached hydrogen (secondary N) is 1. The van der Waals surface area contributed by atoms with Gasteiger partial charge in [-0.15, -0.1) is 12.4 Å². The summed E-state index contributed by atoms with van der Waals surface area (Å²) < 4.78 is 0.894. The number of carbonyl (C=O) groups is 1. The molecule has 0 saturated carbocycles. The van der Waals surface area contributed by atoms with Gasteiger partial charge in [0.25, 0.3) is 0 Å². The number of nitrogens with zero attached hydrogens (tertiary/aromatic N) is 1. The topological polar surface area (TPSA) is 68.0 Å². The van der Waals surface area contributed by atoms with E-state index in [1.54, 1.807) is 6.20 Å². The SMILES string of the molecule is Cl.NCCC(=O)Nc1ncc(Br)s1. The van der Waals surface area contributed by atoms with Gasteiger partial charge >= 0.3 is 0 Å². The lowest BCUT2D eigenvalue weighted by Crippen LogP contribution is -2.15. The molecule has 0 aliphatic carbocycles. The smallest absolute Gasteiger partial charge is 0.227 e. The Bertz CT molecular complexity index is 281. The normalized spacial score (nSPS) is 9.08. The van der Waals surface area contributed by atoms with Gasteiger partial charge in [0.1, 0.15) is 0 Å². The van der Waals surface area contributed by atoms with Gasteiger partial charge in [-0.1, -0.05) is 11.3 Å². The molecule has 13 heavy (non-hydrogen) atoms. The third kappa shape index (κ3) is 4.56. The molecule has 3 N–H and O–H groups in total. The van der Waals surface area contributed by atoms with Crippen LogP contribution < -0.4 is 11.1 Å².